The van der Waals surface area contributed by atoms with E-state index in [9.17, 15) is 9.59 Å². The zero-order valence-corrected chi connectivity index (χ0v) is 19.1. The van der Waals surface area contributed by atoms with Crippen molar-refractivity contribution in [3.05, 3.63) is 58.1 Å². The number of ether oxygens (including phenoxy) is 2. The Morgan fingerprint density at radius 1 is 1.07 bits per heavy atom. The molecule has 148 valence electrons. The van der Waals surface area contributed by atoms with Crippen LogP contribution in [0.4, 0.5) is 11.4 Å². The van der Waals surface area contributed by atoms with E-state index in [1.165, 1.54) is 0 Å². The molecular formula is C19H21AlCl2N2O4. The summed E-state index contributed by atoms with van der Waals surface area (Å²) in [6.45, 7) is 1.92. The maximum atomic E-state index is 12.3. The van der Waals surface area contributed by atoms with Gasteiger partial charge in [-0.25, -0.2) is 0 Å². The number of hydrogen-bond acceptors (Lipinski definition) is 6. The smallest absolute Gasteiger partial charge is 0.324 e. The Hall–Kier alpha value is -1.75. The van der Waals surface area contributed by atoms with Crippen LogP contribution in [0.15, 0.2) is 42.5 Å². The fraction of sp³-hybridized carbons (Fsp3) is 0.263. The predicted octanol–water partition coefficient (Wildman–Crippen LogP) is 2.89. The fourth-order valence-electron chi connectivity index (χ4n) is 2.44. The monoisotopic (exact) mass is 438 g/mol. The molecule has 0 aromatic heterocycles. The highest BCUT2D eigenvalue weighted by Gasteiger charge is 2.19. The zero-order valence-electron chi connectivity index (χ0n) is 15.6. The van der Waals surface area contributed by atoms with Crippen LogP contribution in [0.5, 0.6) is 0 Å². The molecule has 0 aliphatic carbocycles. The average Bonchev–Trinajstić information content (AvgIpc) is 2.67. The van der Waals surface area contributed by atoms with Crippen molar-refractivity contribution in [2.45, 2.75) is 19.4 Å². The summed E-state index contributed by atoms with van der Waals surface area (Å²) in [5.41, 5.74) is 1.97. The second-order valence-electron chi connectivity index (χ2n) is 5.83. The van der Waals surface area contributed by atoms with E-state index in [4.69, 9.17) is 32.7 Å². The lowest BCUT2D eigenvalue weighted by molar-refractivity contribution is -0.150. The van der Waals surface area contributed by atoms with Crippen LogP contribution in [0.25, 0.3) is 0 Å². The molecule has 0 spiro atoms. The largest absolute Gasteiger partial charge is 0.465 e. The maximum absolute atomic E-state index is 12.3. The Morgan fingerprint density at radius 3 is 2.39 bits per heavy atom. The minimum atomic E-state index is -0.647. The van der Waals surface area contributed by atoms with Gasteiger partial charge in [-0.2, -0.15) is 0 Å². The van der Waals surface area contributed by atoms with Gasteiger partial charge in [0.15, 0.2) is 0 Å². The van der Waals surface area contributed by atoms with Crippen molar-refractivity contribution in [1.82, 2.24) is 4.30 Å². The first-order valence-electron chi connectivity index (χ1n) is 8.74. The van der Waals surface area contributed by atoms with Crippen LogP contribution in [0, 0.1) is 0 Å². The predicted molar refractivity (Wildman–Crippen MR) is 113 cm³/mol. The molecule has 2 rings (SSSR count). The van der Waals surface area contributed by atoms with Gasteiger partial charge in [0.25, 0.3) is 0 Å². The summed E-state index contributed by atoms with van der Waals surface area (Å²) in [7, 11) is 0. The Balaban J connectivity index is 2.04. The van der Waals surface area contributed by atoms with Gasteiger partial charge in [0, 0.05) is 5.69 Å². The minimum absolute atomic E-state index is 0.0297. The molecule has 9 heteroatoms. The Bertz CT molecular complexity index is 815. The van der Waals surface area contributed by atoms with Gasteiger partial charge in [-0.15, -0.1) is 0 Å². The van der Waals surface area contributed by atoms with Gasteiger partial charge < -0.3 is 19.1 Å². The lowest BCUT2D eigenvalue weighted by Gasteiger charge is -2.16. The third-order valence-corrected chi connectivity index (χ3v) is 5.23. The van der Waals surface area contributed by atoms with E-state index in [0.29, 0.717) is 37.9 Å². The van der Waals surface area contributed by atoms with Crippen molar-refractivity contribution in [2.24, 2.45) is 0 Å². The van der Waals surface area contributed by atoms with Crippen LogP contribution in [0.2, 0.25) is 10.0 Å². The zero-order chi connectivity index (χ0) is 20.5. The van der Waals surface area contributed by atoms with E-state index in [0.717, 1.165) is 5.56 Å². The number of halogens is 2. The summed E-state index contributed by atoms with van der Waals surface area (Å²) in [5.74, 6) is -0.883. The highest BCUT2D eigenvalue weighted by molar-refractivity contribution is 6.39. The van der Waals surface area contributed by atoms with E-state index >= 15 is 0 Å². The van der Waals surface area contributed by atoms with Gasteiger partial charge in [0.2, 0.25) is 0 Å². The van der Waals surface area contributed by atoms with E-state index in [1.54, 1.807) is 25.1 Å². The SMILES string of the molecule is CCOC(=O)[C@H](COC(=O)Cc1ccccc1Nc1c(Cl)cccc1Cl)[NH][AlH2]. The molecule has 28 heavy (non-hydrogen) atoms. The second kappa shape index (κ2) is 11.3. The molecule has 0 fully saturated rings. The van der Waals surface area contributed by atoms with Crippen LogP contribution < -0.4 is 9.62 Å². The normalized spacial score (nSPS) is 11.5. The van der Waals surface area contributed by atoms with Gasteiger partial charge in [0.05, 0.1) is 28.8 Å². The maximum Gasteiger partial charge on any atom is 0.324 e. The lowest BCUT2D eigenvalue weighted by Crippen LogP contribution is -2.41. The first-order valence-corrected chi connectivity index (χ1v) is 10.5. The second-order valence-corrected chi connectivity index (χ2v) is 7.22. The van der Waals surface area contributed by atoms with E-state index in [2.05, 4.69) is 9.62 Å². The molecule has 6 nitrogen and oxygen atoms in total. The van der Waals surface area contributed by atoms with Gasteiger partial charge in [-0.1, -0.05) is 47.5 Å². The standard InChI is InChI=1S/C19H19Cl2N2O4.Al.2H/c1-2-26-19(25)15(22)11-27-17(24)10-12-6-3-4-9-16(12)23-18-13(20)7-5-8-14(18)21;;;/h3-9,15,22-23H,2,10-11H2,1H3;;;/q-1;+1;;/t15-;;;/m0.../s1. The number of carbonyl (C=O) groups is 2. The van der Waals surface area contributed by atoms with Crippen molar-refractivity contribution < 1.29 is 19.1 Å². The van der Waals surface area contributed by atoms with Gasteiger partial charge in [-0.05, 0) is 30.7 Å². The van der Waals surface area contributed by atoms with Gasteiger partial charge in [-0.3, -0.25) is 9.59 Å². The first-order chi connectivity index (χ1) is 13.5. The molecule has 0 heterocycles. The Labute approximate surface area is 182 Å². The summed E-state index contributed by atoms with van der Waals surface area (Å²) in [6, 6.07) is 11.8. The topological polar surface area (TPSA) is 76.7 Å². The number of carbonyl (C=O) groups excluding carboxylic acids is 2. The van der Waals surface area contributed by atoms with Crippen molar-refractivity contribution in [1.29, 1.82) is 0 Å². The van der Waals surface area contributed by atoms with Crippen LogP contribution in [-0.2, 0) is 25.5 Å². The summed E-state index contributed by atoms with van der Waals surface area (Å²) in [6.07, 6.45) is 0.0297. The number of anilines is 2. The van der Waals surface area contributed by atoms with E-state index in [-0.39, 0.29) is 19.6 Å². The van der Waals surface area contributed by atoms with Crippen molar-refractivity contribution in [3.63, 3.8) is 0 Å². The van der Waals surface area contributed by atoms with Crippen LogP contribution >= 0.6 is 23.2 Å². The highest BCUT2D eigenvalue weighted by Crippen LogP contribution is 2.33. The molecule has 0 bridgehead atoms. The summed E-state index contributed by atoms with van der Waals surface area (Å²) in [5, 5.41) is 4.12. The van der Waals surface area contributed by atoms with Crippen LogP contribution in [0.1, 0.15) is 12.5 Å². The molecular weight excluding hydrogens is 418 g/mol. The third-order valence-electron chi connectivity index (χ3n) is 3.91. The van der Waals surface area contributed by atoms with Crippen molar-refractivity contribution >= 4 is 63.0 Å². The number of esters is 2. The lowest BCUT2D eigenvalue weighted by atomic mass is 10.1. The minimum Gasteiger partial charge on any atom is -0.465 e. The molecule has 2 aromatic carbocycles. The Morgan fingerprint density at radius 2 is 1.75 bits per heavy atom. The van der Waals surface area contributed by atoms with Crippen molar-refractivity contribution in [2.75, 3.05) is 18.5 Å². The van der Waals surface area contributed by atoms with Crippen molar-refractivity contribution in [3.8, 4) is 0 Å². The first kappa shape index (κ1) is 22.5. The van der Waals surface area contributed by atoms with Gasteiger partial charge in [0.1, 0.15) is 12.6 Å². The quantitative estimate of drug-likeness (QED) is 0.463. The van der Waals surface area contributed by atoms with Gasteiger partial charge >= 0.3 is 28.4 Å². The molecule has 0 saturated heterocycles. The summed E-state index contributed by atoms with van der Waals surface area (Å²) >= 11 is 13.0. The molecule has 0 saturated carbocycles. The molecule has 0 unspecified atom stereocenters. The summed E-state index contributed by atoms with van der Waals surface area (Å²) < 4.78 is 13.1. The average molecular weight is 439 g/mol. The number of hydrogen-bond donors (Lipinski definition) is 2. The molecule has 2 N–H and O–H groups in total. The van der Waals surface area contributed by atoms with E-state index in [1.807, 2.05) is 24.3 Å². The molecule has 1 atom stereocenters. The number of para-hydroxylation sites is 2. The van der Waals surface area contributed by atoms with E-state index < -0.39 is 18.0 Å². The fourth-order valence-corrected chi connectivity index (χ4v) is 3.34. The molecule has 0 radical (unpaired) electrons. The van der Waals surface area contributed by atoms with Crippen LogP contribution in [0.3, 0.4) is 0 Å². The number of benzene rings is 2. The molecule has 0 aliphatic heterocycles. The third kappa shape index (κ3) is 6.40. The molecule has 2 aromatic rings. The highest BCUT2D eigenvalue weighted by atomic mass is 35.5. The molecule has 0 amide bonds. The number of rotatable bonds is 9. The summed E-state index contributed by atoms with van der Waals surface area (Å²) in [4.78, 5) is 24.1. The molecule has 0 aliphatic rings. The Kier molecular flexibility index (Phi) is 9.10. The van der Waals surface area contributed by atoms with Crippen LogP contribution in [-0.4, -0.2) is 47.7 Å². The number of nitrogens with one attached hydrogen (secondary N) is 2.